The molecule has 2 N–H and O–H groups in total. The largest absolute Gasteiger partial charge is 0.481 e. The topological polar surface area (TPSA) is 92.5 Å². The number of benzene rings is 1. The number of halogens is 1. The molecule has 0 heterocycles. The molecule has 0 saturated carbocycles. The normalized spacial score (nSPS) is 10.1. The van der Waals surface area contributed by atoms with Gasteiger partial charge in [-0.15, -0.1) is 0 Å². The summed E-state index contributed by atoms with van der Waals surface area (Å²) >= 11 is 0. The Balaban J connectivity index is 2.48. The van der Waals surface area contributed by atoms with E-state index >= 15 is 0 Å². The number of non-ortho nitro benzene ring substituents is 1. The second-order valence-corrected chi connectivity index (χ2v) is 3.70. The van der Waals surface area contributed by atoms with Gasteiger partial charge in [0.1, 0.15) is 5.82 Å². The molecule has 0 fully saturated rings. The Morgan fingerprint density at radius 1 is 1.44 bits per heavy atom. The number of rotatable bonds is 7. The zero-order chi connectivity index (χ0) is 13.5. The van der Waals surface area contributed by atoms with E-state index in [0.29, 0.717) is 19.4 Å². The predicted octanol–water partition coefficient (Wildman–Crippen LogP) is 2.40. The summed E-state index contributed by atoms with van der Waals surface area (Å²) in [5.74, 6) is -1.45. The highest BCUT2D eigenvalue weighted by molar-refractivity contribution is 5.66. The molecule has 98 valence electrons. The highest BCUT2D eigenvalue weighted by Crippen LogP contribution is 2.21. The third-order valence-electron chi connectivity index (χ3n) is 2.29. The number of nitro benzene ring substituents is 1. The van der Waals surface area contributed by atoms with E-state index in [1.54, 1.807) is 0 Å². The first kappa shape index (κ1) is 13.9. The van der Waals surface area contributed by atoms with Crippen LogP contribution < -0.4 is 5.32 Å². The summed E-state index contributed by atoms with van der Waals surface area (Å²) < 4.78 is 13.3. The molecule has 1 aromatic carbocycles. The maximum Gasteiger partial charge on any atom is 0.303 e. The first-order valence-electron chi connectivity index (χ1n) is 5.40. The van der Waals surface area contributed by atoms with Gasteiger partial charge >= 0.3 is 5.97 Å². The highest BCUT2D eigenvalue weighted by atomic mass is 19.1. The fraction of sp³-hybridized carbons (Fsp3) is 0.364. The van der Waals surface area contributed by atoms with Crippen LogP contribution in [0.5, 0.6) is 0 Å². The van der Waals surface area contributed by atoms with Crippen molar-refractivity contribution in [2.24, 2.45) is 0 Å². The number of nitro groups is 1. The number of carboxylic acids is 1. The van der Waals surface area contributed by atoms with Crippen molar-refractivity contribution in [3.8, 4) is 0 Å². The minimum atomic E-state index is -0.878. The Labute approximate surface area is 103 Å². The number of carbonyl (C=O) groups is 1. The van der Waals surface area contributed by atoms with Crippen molar-refractivity contribution in [1.82, 2.24) is 0 Å². The molecule has 7 heteroatoms. The number of hydrogen-bond donors (Lipinski definition) is 2. The Kier molecular flexibility index (Phi) is 5.04. The lowest BCUT2D eigenvalue weighted by molar-refractivity contribution is -0.384. The van der Waals surface area contributed by atoms with Gasteiger partial charge in [0, 0.05) is 25.1 Å². The Bertz CT molecular complexity index is 451. The number of nitrogens with one attached hydrogen (secondary N) is 1. The molecule has 0 amide bonds. The molecular formula is C11H13FN2O4. The predicted molar refractivity (Wildman–Crippen MR) is 63.0 cm³/mol. The van der Waals surface area contributed by atoms with Gasteiger partial charge in [-0.2, -0.15) is 0 Å². The van der Waals surface area contributed by atoms with Crippen molar-refractivity contribution < 1.29 is 19.2 Å². The van der Waals surface area contributed by atoms with Crippen molar-refractivity contribution in [2.75, 3.05) is 11.9 Å². The number of hydrogen-bond acceptors (Lipinski definition) is 4. The van der Waals surface area contributed by atoms with E-state index in [4.69, 9.17) is 5.11 Å². The van der Waals surface area contributed by atoms with Gasteiger partial charge in [-0.1, -0.05) is 0 Å². The molecule has 0 unspecified atom stereocenters. The molecule has 0 aliphatic carbocycles. The molecule has 0 saturated heterocycles. The smallest absolute Gasteiger partial charge is 0.303 e. The quantitative estimate of drug-likeness (QED) is 0.444. The molecule has 0 bridgehead atoms. The molecule has 1 aromatic rings. The second kappa shape index (κ2) is 6.53. The van der Waals surface area contributed by atoms with Crippen LogP contribution in [0.2, 0.25) is 0 Å². The van der Waals surface area contributed by atoms with Crippen LogP contribution >= 0.6 is 0 Å². The maximum atomic E-state index is 13.3. The molecule has 0 aromatic heterocycles. The Morgan fingerprint density at radius 2 is 2.17 bits per heavy atom. The van der Waals surface area contributed by atoms with Gasteiger partial charge in [-0.05, 0) is 18.9 Å². The van der Waals surface area contributed by atoms with Crippen molar-refractivity contribution in [1.29, 1.82) is 0 Å². The van der Waals surface area contributed by atoms with E-state index in [-0.39, 0.29) is 17.8 Å². The SMILES string of the molecule is O=C(O)CCCCNc1cc([N+](=O)[O-])ccc1F. The van der Waals surface area contributed by atoms with Crippen LogP contribution in [0.25, 0.3) is 0 Å². The third kappa shape index (κ3) is 4.36. The zero-order valence-corrected chi connectivity index (χ0v) is 9.56. The van der Waals surface area contributed by atoms with Crippen LogP contribution in [-0.4, -0.2) is 22.5 Å². The van der Waals surface area contributed by atoms with Crippen molar-refractivity contribution in [2.45, 2.75) is 19.3 Å². The van der Waals surface area contributed by atoms with Crippen LogP contribution in [-0.2, 0) is 4.79 Å². The van der Waals surface area contributed by atoms with Crippen molar-refractivity contribution >= 4 is 17.3 Å². The molecular weight excluding hydrogens is 243 g/mol. The van der Waals surface area contributed by atoms with Crippen molar-refractivity contribution in [3.05, 3.63) is 34.1 Å². The number of aliphatic carboxylic acids is 1. The first-order valence-corrected chi connectivity index (χ1v) is 5.40. The average molecular weight is 256 g/mol. The third-order valence-corrected chi connectivity index (χ3v) is 2.29. The van der Waals surface area contributed by atoms with Crippen LogP contribution in [0.3, 0.4) is 0 Å². The summed E-state index contributed by atoms with van der Waals surface area (Å²) in [6, 6.07) is 3.23. The van der Waals surface area contributed by atoms with Crippen molar-refractivity contribution in [3.63, 3.8) is 0 Å². The summed E-state index contributed by atoms with van der Waals surface area (Å²) in [6.07, 6.45) is 1.08. The minimum Gasteiger partial charge on any atom is -0.481 e. The molecule has 0 atom stereocenters. The lowest BCUT2D eigenvalue weighted by Gasteiger charge is -2.06. The standard InChI is InChI=1S/C11H13FN2O4/c12-9-5-4-8(14(17)18)7-10(9)13-6-2-1-3-11(15)16/h4-5,7,13H,1-3,6H2,(H,15,16). The average Bonchev–Trinajstić information content (AvgIpc) is 2.30. The number of carboxylic acid groups (broad SMARTS) is 1. The van der Waals surface area contributed by atoms with Gasteiger partial charge in [0.05, 0.1) is 10.6 Å². The number of nitrogens with zero attached hydrogens (tertiary/aromatic N) is 1. The van der Waals surface area contributed by atoms with Gasteiger partial charge in [-0.3, -0.25) is 14.9 Å². The van der Waals surface area contributed by atoms with E-state index < -0.39 is 16.7 Å². The summed E-state index contributed by atoms with van der Waals surface area (Å²) in [5.41, 5.74) is -0.135. The monoisotopic (exact) mass is 256 g/mol. The summed E-state index contributed by atoms with van der Waals surface area (Å²) in [6.45, 7) is 0.366. The molecule has 0 spiro atoms. The Morgan fingerprint density at radius 3 is 2.78 bits per heavy atom. The van der Waals surface area contributed by atoms with Gasteiger partial charge < -0.3 is 10.4 Å². The highest BCUT2D eigenvalue weighted by Gasteiger charge is 2.10. The molecule has 0 aliphatic rings. The number of unbranched alkanes of at least 4 members (excludes halogenated alkanes) is 1. The lowest BCUT2D eigenvalue weighted by atomic mass is 10.2. The first-order chi connectivity index (χ1) is 8.50. The van der Waals surface area contributed by atoms with E-state index in [1.165, 1.54) is 0 Å². The van der Waals surface area contributed by atoms with Gasteiger partial charge in [-0.25, -0.2) is 4.39 Å². The molecule has 1 rings (SSSR count). The molecule has 0 aliphatic heterocycles. The fourth-order valence-electron chi connectivity index (χ4n) is 1.39. The molecule has 6 nitrogen and oxygen atoms in total. The van der Waals surface area contributed by atoms with E-state index in [0.717, 1.165) is 18.2 Å². The van der Waals surface area contributed by atoms with E-state index in [2.05, 4.69) is 5.32 Å². The van der Waals surface area contributed by atoms with Crippen LogP contribution in [0.15, 0.2) is 18.2 Å². The summed E-state index contributed by atoms with van der Waals surface area (Å²) in [4.78, 5) is 20.2. The molecule has 18 heavy (non-hydrogen) atoms. The fourth-order valence-corrected chi connectivity index (χ4v) is 1.39. The van der Waals surface area contributed by atoms with Crippen LogP contribution in [0.4, 0.5) is 15.8 Å². The lowest BCUT2D eigenvalue weighted by Crippen LogP contribution is -2.05. The number of anilines is 1. The Hall–Kier alpha value is -2.18. The zero-order valence-electron chi connectivity index (χ0n) is 9.56. The second-order valence-electron chi connectivity index (χ2n) is 3.70. The van der Waals surface area contributed by atoms with Gasteiger partial charge in [0.25, 0.3) is 5.69 Å². The summed E-state index contributed by atoms with van der Waals surface area (Å²) in [7, 11) is 0. The van der Waals surface area contributed by atoms with E-state index in [9.17, 15) is 19.3 Å². The van der Waals surface area contributed by atoms with Gasteiger partial charge in [0.15, 0.2) is 0 Å². The van der Waals surface area contributed by atoms with Crippen LogP contribution in [0.1, 0.15) is 19.3 Å². The maximum absolute atomic E-state index is 13.3. The van der Waals surface area contributed by atoms with E-state index in [1.807, 2.05) is 0 Å². The molecule has 0 radical (unpaired) electrons. The van der Waals surface area contributed by atoms with Crippen LogP contribution in [0, 0.1) is 15.9 Å². The minimum absolute atomic E-state index is 0.0547. The van der Waals surface area contributed by atoms with Gasteiger partial charge in [0.2, 0.25) is 0 Å². The summed E-state index contributed by atoms with van der Waals surface area (Å²) in [5, 5.41) is 21.6.